The third kappa shape index (κ3) is 4.13. The maximum absolute atomic E-state index is 6.24. The van der Waals surface area contributed by atoms with Crippen LogP contribution >= 0.6 is 0 Å². The van der Waals surface area contributed by atoms with E-state index in [9.17, 15) is 0 Å². The molecule has 4 aromatic rings. The highest BCUT2D eigenvalue weighted by Gasteiger charge is 2.29. The topological polar surface area (TPSA) is 95.1 Å². The van der Waals surface area contributed by atoms with E-state index in [2.05, 4.69) is 44.4 Å². The van der Waals surface area contributed by atoms with Crippen molar-refractivity contribution in [3.8, 4) is 11.3 Å². The van der Waals surface area contributed by atoms with Crippen LogP contribution in [0.5, 0.6) is 0 Å². The summed E-state index contributed by atoms with van der Waals surface area (Å²) in [5.41, 5.74) is 2.49. The Kier molecular flexibility index (Phi) is 4.90. The molecule has 160 valence electrons. The number of hydrogen-bond acceptors (Lipinski definition) is 7. The predicted molar refractivity (Wildman–Crippen MR) is 117 cm³/mol. The summed E-state index contributed by atoms with van der Waals surface area (Å²) in [7, 11) is 1.86. The SMILES string of the molecule is Cn1nccc1Nc1nccc(-c2ccn3c(CC4CCCC(C)(C)O4)nnc3c2)n1. The second kappa shape index (κ2) is 7.73. The van der Waals surface area contributed by atoms with E-state index in [1.165, 1.54) is 6.42 Å². The molecule has 1 aliphatic heterocycles. The monoisotopic (exact) mass is 418 g/mol. The lowest BCUT2D eigenvalue weighted by Gasteiger charge is -2.35. The van der Waals surface area contributed by atoms with Gasteiger partial charge in [0.1, 0.15) is 11.6 Å². The minimum atomic E-state index is -0.0647. The molecule has 31 heavy (non-hydrogen) atoms. The summed E-state index contributed by atoms with van der Waals surface area (Å²) in [6, 6.07) is 7.78. The van der Waals surface area contributed by atoms with Crippen LogP contribution in [0.1, 0.15) is 38.9 Å². The molecule has 0 spiro atoms. The molecular weight excluding hydrogens is 392 g/mol. The Morgan fingerprint density at radius 3 is 2.90 bits per heavy atom. The molecule has 9 heteroatoms. The molecule has 0 aromatic carbocycles. The summed E-state index contributed by atoms with van der Waals surface area (Å²) < 4.78 is 10.0. The fourth-order valence-electron chi connectivity index (χ4n) is 4.10. The summed E-state index contributed by atoms with van der Waals surface area (Å²) in [4.78, 5) is 8.95. The lowest BCUT2D eigenvalue weighted by molar-refractivity contribution is -0.106. The summed E-state index contributed by atoms with van der Waals surface area (Å²) in [6.45, 7) is 4.32. The fourth-order valence-corrected chi connectivity index (χ4v) is 4.10. The van der Waals surface area contributed by atoms with E-state index in [1.54, 1.807) is 17.1 Å². The van der Waals surface area contributed by atoms with Gasteiger partial charge in [-0.3, -0.25) is 9.08 Å². The third-order valence-electron chi connectivity index (χ3n) is 5.69. The molecular formula is C22H26N8O. The van der Waals surface area contributed by atoms with Crippen LogP contribution in [-0.4, -0.2) is 46.1 Å². The number of aryl methyl sites for hydroxylation is 1. The van der Waals surface area contributed by atoms with E-state index in [-0.39, 0.29) is 11.7 Å². The van der Waals surface area contributed by atoms with Gasteiger partial charge in [-0.25, -0.2) is 9.97 Å². The van der Waals surface area contributed by atoms with Crippen molar-refractivity contribution in [1.29, 1.82) is 0 Å². The van der Waals surface area contributed by atoms with Gasteiger partial charge in [-0.05, 0) is 51.3 Å². The van der Waals surface area contributed by atoms with Gasteiger partial charge in [0, 0.05) is 37.5 Å². The minimum Gasteiger partial charge on any atom is -0.372 e. The van der Waals surface area contributed by atoms with Crippen molar-refractivity contribution in [1.82, 2.24) is 34.3 Å². The van der Waals surface area contributed by atoms with Crippen LogP contribution in [0.4, 0.5) is 11.8 Å². The number of ether oxygens (including phenoxy) is 1. The summed E-state index contributed by atoms with van der Waals surface area (Å²) in [6.07, 6.45) is 9.75. The number of nitrogens with one attached hydrogen (secondary N) is 1. The first kappa shape index (κ1) is 19.6. The van der Waals surface area contributed by atoms with Crippen molar-refractivity contribution in [3.05, 3.63) is 48.7 Å². The number of hydrogen-bond donors (Lipinski definition) is 1. The van der Waals surface area contributed by atoms with Crippen molar-refractivity contribution >= 4 is 17.4 Å². The number of fused-ring (bicyclic) bond motifs is 1. The zero-order valence-corrected chi connectivity index (χ0v) is 18.0. The molecule has 1 unspecified atom stereocenters. The molecule has 1 N–H and O–H groups in total. The summed E-state index contributed by atoms with van der Waals surface area (Å²) in [5, 5.41) is 16.2. The molecule has 9 nitrogen and oxygen atoms in total. The maximum atomic E-state index is 6.24. The predicted octanol–water partition coefficient (Wildman–Crippen LogP) is 3.55. The Morgan fingerprint density at radius 2 is 2.10 bits per heavy atom. The van der Waals surface area contributed by atoms with E-state index in [4.69, 9.17) is 4.74 Å². The highest BCUT2D eigenvalue weighted by molar-refractivity contribution is 5.65. The molecule has 1 atom stereocenters. The molecule has 0 radical (unpaired) electrons. The van der Waals surface area contributed by atoms with E-state index >= 15 is 0 Å². The van der Waals surface area contributed by atoms with Gasteiger partial charge in [-0.2, -0.15) is 5.10 Å². The van der Waals surface area contributed by atoms with E-state index in [0.717, 1.165) is 47.8 Å². The number of pyridine rings is 1. The van der Waals surface area contributed by atoms with Crippen molar-refractivity contribution in [3.63, 3.8) is 0 Å². The van der Waals surface area contributed by atoms with Crippen molar-refractivity contribution in [2.45, 2.75) is 51.2 Å². The molecule has 0 bridgehead atoms. The van der Waals surface area contributed by atoms with Crippen LogP contribution in [0, 0.1) is 0 Å². The lowest BCUT2D eigenvalue weighted by Crippen LogP contribution is -2.36. The molecule has 1 aliphatic rings. The molecule has 0 saturated carbocycles. The highest BCUT2D eigenvalue weighted by Crippen LogP contribution is 2.29. The van der Waals surface area contributed by atoms with Gasteiger partial charge in [0.15, 0.2) is 5.65 Å². The van der Waals surface area contributed by atoms with Crippen LogP contribution in [0.3, 0.4) is 0 Å². The number of anilines is 2. The molecule has 4 aromatic heterocycles. The smallest absolute Gasteiger partial charge is 0.228 e. The van der Waals surface area contributed by atoms with Crippen molar-refractivity contribution in [2.75, 3.05) is 5.32 Å². The Hall–Kier alpha value is -3.33. The van der Waals surface area contributed by atoms with E-state index in [1.807, 2.05) is 41.9 Å². The Morgan fingerprint density at radius 1 is 1.19 bits per heavy atom. The standard InChI is InChI=1S/C22H26N8O/c1-22(2)9-4-5-16(31-22)14-20-28-27-19-13-15(8-12-30(19)20)17-6-10-23-21(25-17)26-18-7-11-24-29(18)3/h6-8,10-13,16H,4-5,9,14H2,1-3H3,(H,23,25,26). The Balaban J connectivity index is 1.37. The zero-order valence-electron chi connectivity index (χ0n) is 18.0. The molecule has 5 heterocycles. The van der Waals surface area contributed by atoms with Gasteiger partial charge >= 0.3 is 0 Å². The van der Waals surface area contributed by atoms with Crippen molar-refractivity contribution in [2.24, 2.45) is 7.05 Å². The first-order valence-corrected chi connectivity index (χ1v) is 10.6. The fraction of sp³-hybridized carbons (Fsp3) is 0.409. The van der Waals surface area contributed by atoms with Crippen LogP contribution in [0.2, 0.25) is 0 Å². The zero-order chi connectivity index (χ0) is 21.4. The van der Waals surface area contributed by atoms with Gasteiger partial charge < -0.3 is 10.1 Å². The molecule has 0 amide bonds. The first-order valence-electron chi connectivity index (χ1n) is 10.6. The van der Waals surface area contributed by atoms with Gasteiger partial charge in [0.05, 0.1) is 23.6 Å². The molecule has 1 saturated heterocycles. The second-order valence-corrected chi connectivity index (χ2v) is 8.59. The van der Waals surface area contributed by atoms with Crippen LogP contribution in [0.25, 0.3) is 16.9 Å². The maximum Gasteiger partial charge on any atom is 0.228 e. The van der Waals surface area contributed by atoms with Gasteiger partial charge in [-0.15, -0.1) is 10.2 Å². The van der Waals surface area contributed by atoms with E-state index in [0.29, 0.717) is 5.95 Å². The number of aromatic nitrogens is 7. The Bertz CT molecular complexity index is 1210. The second-order valence-electron chi connectivity index (χ2n) is 8.59. The quantitative estimate of drug-likeness (QED) is 0.529. The largest absolute Gasteiger partial charge is 0.372 e. The van der Waals surface area contributed by atoms with Crippen molar-refractivity contribution < 1.29 is 4.74 Å². The highest BCUT2D eigenvalue weighted by atomic mass is 16.5. The number of rotatable bonds is 5. The van der Waals surface area contributed by atoms with Gasteiger partial charge in [-0.1, -0.05) is 0 Å². The first-order chi connectivity index (χ1) is 15.0. The summed E-state index contributed by atoms with van der Waals surface area (Å²) in [5.74, 6) is 2.26. The van der Waals surface area contributed by atoms with Gasteiger partial charge in [0.25, 0.3) is 0 Å². The third-order valence-corrected chi connectivity index (χ3v) is 5.69. The number of nitrogens with zero attached hydrogens (tertiary/aromatic N) is 7. The molecule has 0 aliphatic carbocycles. The Labute approximate surface area is 180 Å². The average Bonchev–Trinajstić information content (AvgIpc) is 3.33. The average molecular weight is 419 g/mol. The normalized spacial score (nSPS) is 18.4. The van der Waals surface area contributed by atoms with Crippen LogP contribution in [0.15, 0.2) is 42.9 Å². The van der Waals surface area contributed by atoms with Crippen LogP contribution in [-0.2, 0) is 18.2 Å². The minimum absolute atomic E-state index is 0.0647. The summed E-state index contributed by atoms with van der Waals surface area (Å²) >= 11 is 0. The molecule has 1 fully saturated rings. The molecule has 5 rings (SSSR count). The van der Waals surface area contributed by atoms with Gasteiger partial charge in [0.2, 0.25) is 5.95 Å². The lowest BCUT2D eigenvalue weighted by atomic mass is 9.94. The van der Waals surface area contributed by atoms with E-state index < -0.39 is 0 Å². The van der Waals surface area contributed by atoms with Crippen LogP contribution < -0.4 is 5.32 Å².